The largest absolute Gasteiger partial charge is 0.478 e. The third-order valence-corrected chi connectivity index (χ3v) is 4.16. The summed E-state index contributed by atoms with van der Waals surface area (Å²) in [6.07, 6.45) is -2.54. The predicted octanol–water partition coefficient (Wildman–Crippen LogP) is 3.43. The Hall–Kier alpha value is -3.34. The van der Waals surface area contributed by atoms with Gasteiger partial charge in [0.05, 0.1) is 34.2 Å². The lowest BCUT2D eigenvalue weighted by Crippen LogP contribution is -2.17. The fourth-order valence-corrected chi connectivity index (χ4v) is 2.78. The van der Waals surface area contributed by atoms with E-state index in [1.807, 2.05) is 5.10 Å². The first-order chi connectivity index (χ1) is 13.1. The number of amides is 1. The van der Waals surface area contributed by atoms with E-state index in [0.717, 1.165) is 12.4 Å². The number of anilines is 1. The summed E-state index contributed by atoms with van der Waals surface area (Å²) in [6, 6.07) is 3.78. The summed E-state index contributed by atoms with van der Waals surface area (Å²) in [6.45, 7) is 0. The summed E-state index contributed by atoms with van der Waals surface area (Å²) >= 11 is 5.85. The van der Waals surface area contributed by atoms with Gasteiger partial charge in [-0.2, -0.15) is 18.3 Å². The van der Waals surface area contributed by atoms with Gasteiger partial charge < -0.3 is 15.0 Å². The van der Waals surface area contributed by atoms with Crippen LogP contribution in [0.1, 0.15) is 26.7 Å². The molecule has 28 heavy (non-hydrogen) atoms. The van der Waals surface area contributed by atoms with Gasteiger partial charge in [-0.15, -0.1) is 0 Å². The second-order valence-electron chi connectivity index (χ2n) is 5.64. The monoisotopic (exact) mass is 413 g/mol. The van der Waals surface area contributed by atoms with E-state index < -0.39 is 23.7 Å². The third-order valence-electron chi connectivity index (χ3n) is 3.85. The van der Waals surface area contributed by atoms with Crippen molar-refractivity contribution in [1.82, 2.24) is 19.7 Å². The van der Waals surface area contributed by atoms with Gasteiger partial charge in [-0.05, 0) is 18.2 Å². The Kier molecular flexibility index (Phi) is 4.86. The molecule has 146 valence electrons. The summed E-state index contributed by atoms with van der Waals surface area (Å²) in [4.78, 5) is 27.3. The first-order valence-corrected chi connectivity index (χ1v) is 7.94. The van der Waals surface area contributed by atoms with Crippen LogP contribution in [0.5, 0.6) is 0 Å². The van der Waals surface area contributed by atoms with E-state index >= 15 is 0 Å². The van der Waals surface area contributed by atoms with Crippen molar-refractivity contribution >= 4 is 29.2 Å². The van der Waals surface area contributed by atoms with Gasteiger partial charge in [0.25, 0.3) is 5.91 Å². The Morgan fingerprint density at radius 1 is 1.29 bits per heavy atom. The summed E-state index contributed by atoms with van der Waals surface area (Å²) < 4.78 is 40.3. The minimum Gasteiger partial charge on any atom is -0.478 e. The number of aromatic amines is 1. The lowest BCUT2D eigenvalue weighted by atomic mass is 10.2. The SMILES string of the molecule is Cn1c(-c2cn[nH]c2C(F)(F)F)cnc1C(=O)Nc1ccc(C(=O)O)c(Cl)c1. The van der Waals surface area contributed by atoms with E-state index in [0.29, 0.717) is 0 Å². The van der Waals surface area contributed by atoms with Crippen LogP contribution in [0.4, 0.5) is 18.9 Å². The van der Waals surface area contributed by atoms with E-state index in [1.165, 1.54) is 29.8 Å². The smallest absolute Gasteiger partial charge is 0.433 e. The topological polar surface area (TPSA) is 113 Å². The third kappa shape index (κ3) is 3.56. The van der Waals surface area contributed by atoms with Gasteiger partial charge in [0, 0.05) is 12.7 Å². The van der Waals surface area contributed by atoms with E-state index in [1.54, 1.807) is 0 Å². The Morgan fingerprint density at radius 2 is 2.00 bits per heavy atom. The number of benzene rings is 1. The number of aromatic carboxylic acids is 1. The number of nitrogens with zero attached hydrogens (tertiary/aromatic N) is 3. The highest BCUT2D eigenvalue weighted by Gasteiger charge is 2.37. The molecule has 12 heteroatoms. The first-order valence-electron chi connectivity index (χ1n) is 7.56. The number of nitrogens with one attached hydrogen (secondary N) is 2. The quantitative estimate of drug-likeness (QED) is 0.606. The molecule has 8 nitrogen and oxygen atoms in total. The van der Waals surface area contributed by atoms with E-state index in [-0.39, 0.29) is 33.4 Å². The number of halogens is 4. The predicted molar refractivity (Wildman–Crippen MR) is 92.2 cm³/mol. The van der Waals surface area contributed by atoms with Gasteiger partial charge in [0.15, 0.2) is 5.82 Å². The molecule has 0 aliphatic rings. The number of carboxylic acids is 1. The van der Waals surface area contributed by atoms with Gasteiger partial charge in [-0.25, -0.2) is 9.78 Å². The van der Waals surface area contributed by atoms with Crippen LogP contribution in [-0.4, -0.2) is 36.7 Å². The Balaban J connectivity index is 1.88. The van der Waals surface area contributed by atoms with Crippen LogP contribution in [0.2, 0.25) is 5.02 Å². The number of imidazole rings is 1. The number of carbonyl (C=O) groups excluding carboxylic acids is 1. The van der Waals surface area contributed by atoms with Gasteiger partial charge in [-0.1, -0.05) is 11.6 Å². The number of alkyl halides is 3. The van der Waals surface area contributed by atoms with Crippen molar-refractivity contribution < 1.29 is 27.9 Å². The number of rotatable bonds is 4. The van der Waals surface area contributed by atoms with Crippen LogP contribution in [0, 0.1) is 0 Å². The Labute approximate surface area is 160 Å². The molecular weight excluding hydrogens is 403 g/mol. The molecule has 2 heterocycles. The van der Waals surface area contributed by atoms with Crippen molar-refractivity contribution in [1.29, 1.82) is 0 Å². The molecule has 0 radical (unpaired) electrons. The van der Waals surface area contributed by atoms with E-state index in [9.17, 15) is 22.8 Å². The second kappa shape index (κ2) is 7.00. The number of aromatic nitrogens is 4. The van der Waals surface area contributed by atoms with Gasteiger partial charge in [0.1, 0.15) is 5.69 Å². The Bertz CT molecular complexity index is 1070. The van der Waals surface area contributed by atoms with Gasteiger partial charge in [-0.3, -0.25) is 9.89 Å². The highest BCUT2D eigenvalue weighted by molar-refractivity contribution is 6.33. The summed E-state index contributed by atoms with van der Waals surface area (Å²) in [5.74, 6) is -2.11. The van der Waals surface area contributed by atoms with Crippen molar-refractivity contribution in [3.63, 3.8) is 0 Å². The van der Waals surface area contributed by atoms with Crippen molar-refractivity contribution in [2.75, 3.05) is 5.32 Å². The second-order valence-corrected chi connectivity index (χ2v) is 6.04. The highest BCUT2D eigenvalue weighted by Crippen LogP contribution is 2.35. The lowest BCUT2D eigenvalue weighted by molar-refractivity contribution is -0.140. The molecule has 3 aromatic rings. The van der Waals surface area contributed by atoms with Gasteiger partial charge in [0.2, 0.25) is 0 Å². The summed E-state index contributed by atoms with van der Waals surface area (Å²) in [5, 5.41) is 16.6. The number of carbonyl (C=O) groups is 2. The maximum atomic E-state index is 13.0. The summed E-state index contributed by atoms with van der Waals surface area (Å²) in [7, 11) is 1.38. The number of hydrogen-bond donors (Lipinski definition) is 3. The molecule has 0 bridgehead atoms. The standard InChI is InChI=1S/C16H11ClF3N5O3/c1-25-11(9-5-22-24-12(9)16(18,19)20)6-21-13(25)14(26)23-7-2-3-8(15(27)28)10(17)4-7/h2-6H,1H3,(H,22,24)(H,23,26)(H,27,28). The molecule has 1 amide bonds. The van der Waals surface area contributed by atoms with Crippen LogP contribution in [-0.2, 0) is 13.2 Å². The minimum atomic E-state index is -4.65. The van der Waals surface area contributed by atoms with Gasteiger partial charge >= 0.3 is 12.1 Å². The molecule has 0 spiro atoms. The maximum Gasteiger partial charge on any atom is 0.433 e. The van der Waals surface area contributed by atoms with E-state index in [2.05, 4.69) is 15.4 Å². The molecule has 0 saturated heterocycles. The van der Waals surface area contributed by atoms with E-state index in [4.69, 9.17) is 16.7 Å². The van der Waals surface area contributed by atoms with Crippen LogP contribution in [0.15, 0.2) is 30.6 Å². The van der Waals surface area contributed by atoms with Crippen molar-refractivity contribution in [2.24, 2.45) is 7.05 Å². The normalized spacial score (nSPS) is 11.5. The first kappa shape index (κ1) is 19.4. The van der Waals surface area contributed by atoms with Crippen molar-refractivity contribution in [2.45, 2.75) is 6.18 Å². The molecule has 0 aliphatic heterocycles. The fourth-order valence-electron chi connectivity index (χ4n) is 2.52. The molecule has 0 unspecified atom stereocenters. The zero-order valence-electron chi connectivity index (χ0n) is 14.0. The molecule has 0 saturated carbocycles. The van der Waals surface area contributed by atoms with Crippen LogP contribution >= 0.6 is 11.6 Å². The number of hydrogen-bond acceptors (Lipinski definition) is 4. The van der Waals surface area contributed by atoms with Crippen LogP contribution < -0.4 is 5.32 Å². The van der Waals surface area contributed by atoms with Crippen LogP contribution in [0.25, 0.3) is 11.3 Å². The molecule has 0 atom stereocenters. The lowest BCUT2D eigenvalue weighted by Gasteiger charge is -2.09. The minimum absolute atomic E-state index is 0.0329. The zero-order chi connectivity index (χ0) is 20.6. The molecule has 0 aliphatic carbocycles. The molecule has 3 rings (SSSR count). The van der Waals surface area contributed by atoms with Crippen molar-refractivity contribution in [3.05, 3.63) is 52.7 Å². The summed E-state index contributed by atoms with van der Waals surface area (Å²) in [5.41, 5.74) is -1.22. The molecule has 2 aromatic heterocycles. The number of carboxylic acid groups (broad SMARTS) is 1. The molecule has 1 aromatic carbocycles. The maximum absolute atomic E-state index is 13.0. The number of H-pyrrole nitrogens is 1. The average molecular weight is 414 g/mol. The molecule has 3 N–H and O–H groups in total. The highest BCUT2D eigenvalue weighted by atomic mass is 35.5. The Morgan fingerprint density at radius 3 is 2.61 bits per heavy atom. The fraction of sp³-hybridized carbons (Fsp3) is 0.125. The average Bonchev–Trinajstić information content (AvgIpc) is 3.20. The molecular formula is C16H11ClF3N5O3. The van der Waals surface area contributed by atoms with Crippen molar-refractivity contribution in [3.8, 4) is 11.3 Å². The van der Waals surface area contributed by atoms with Crippen LogP contribution in [0.3, 0.4) is 0 Å². The molecule has 0 fully saturated rings. The zero-order valence-corrected chi connectivity index (χ0v) is 14.8.